The predicted octanol–water partition coefficient (Wildman–Crippen LogP) is 6.08. The highest BCUT2D eigenvalue weighted by Gasteiger charge is 2.20. The number of carbonyl (C=O) groups excluding carboxylic acids is 1. The number of hydrogen-bond acceptors (Lipinski definition) is 5. The van der Waals surface area contributed by atoms with E-state index in [1.165, 1.54) is 0 Å². The van der Waals surface area contributed by atoms with Gasteiger partial charge in [0.05, 0.1) is 6.61 Å². The van der Waals surface area contributed by atoms with Crippen molar-refractivity contribution in [3.8, 4) is 17.2 Å². The van der Waals surface area contributed by atoms with Crippen molar-refractivity contribution in [2.75, 3.05) is 19.8 Å². The van der Waals surface area contributed by atoms with Crippen LogP contribution in [0.5, 0.6) is 17.2 Å². The molecule has 0 aliphatic heterocycles. The Hall–Kier alpha value is -3.57. The number of hydrogen-bond donors (Lipinski definition) is 0. The van der Waals surface area contributed by atoms with E-state index in [2.05, 4.69) is 0 Å². The number of benzene rings is 3. The summed E-state index contributed by atoms with van der Waals surface area (Å²) in [5.74, 6) is 2.02. The minimum Gasteiger partial charge on any atom is -0.490 e. The molecule has 0 bridgehead atoms. The van der Waals surface area contributed by atoms with Crippen LogP contribution < -0.4 is 9.47 Å². The molecule has 0 N–H and O–H groups in total. The Bertz CT molecular complexity index is 1010. The molecule has 0 aromatic heterocycles. The fourth-order valence-corrected chi connectivity index (χ4v) is 3.22. The summed E-state index contributed by atoms with van der Waals surface area (Å²) in [6, 6.07) is 25.3. The van der Waals surface area contributed by atoms with Gasteiger partial charge in [-0.1, -0.05) is 48.5 Å². The van der Waals surface area contributed by atoms with E-state index in [-0.39, 0.29) is 5.97 Å². The van der Waals surface area contributed by atoms with E-state index in [1.54, 1.807) is 6.92 Å². The average Bonchev–Trinajstić information content (AvgIpc) is 2.83. The molecule has 0 saturated heterocycles. The standard InChI is InChI=1S/C28H30O5/c1-3-30-27(28(29)31-4-2)21-23-15-17-24(18-16-23)32-19-9-11-22-10-8-14-26(20-22)33-25-12-6-5-7-13-25/h5-18,20,27H,3-4,19,21H2,1-2H3/b11-9+/t27-/m0/s1. The van der Waals surface area contributed by atoms with E-state index in [4.69, 9.17) is 18.9 Å². The van der Waals surface area contributed by atoms with E-state index in [0.717, 1.165) is 28.4 Å². The monoisotopic (exact) mass is 446 g/mol. The van der Waals surface area contributed by atoms with Crippen molar-refractivity contribution in [1.82, 2.24) is 0 Å². The van der Waals surface area contributed by atoms with Gasteiger partial charge in [0, 0.05) is 13.0 Å². The maximum Gasteiger partial charge on any atom is 0.335 e. The van der Waals surface area contributed by atoms with Crippen LogP contribution >= 0.6 is 0 Å². The first-order valence-corrected chi connectivity index (χ1v) is 11.2. The van der Waals surface area contributed by atoms with Gasteiger partial charge in [0.1, 0.15) is 23.9 Å². The first-order chi connectivity index (χ1) is 16.2. The maximum absolute atomic E-state index is 12.0. The van der Waals surface area contributed by atoms with E-state index in [9.17, 15) is 4.79 Å². The Kier molecular flexibility index (Phi) is 9.55. The van der Waals surface area contributed by atoms with Gasteiger partial charge in [0.15, 0.2) is 6.10 Å². The molecule has 0 aliphatic carbocycles. The fraction of sp³-hybridized carbons (Fsp3) is 0.250. The zero-order valence-electron chi connectivity index (χ0n) is 19.1. The van der Waals surface area contributed by atoms with Gasteiger partial charge in [-0.15, -0.1) is 0 Å². The number of para-hydroxylation sites is 1. The van der Waals surface area contributed by atoms with Gasteiger partial charge in [0.2, 0.25) is 0 Å². The molecule has 3 rings (SSSR count). The summed E-state index contributed by atoms with van der Waals surface area (Å²) >= 11 is 0. The van der Waals surface area contributed by atoms with Crippen LogP contribution in [0.4, 0.5) is 0 Å². The highest BCUT2D eigenvalue weighted by atomic mass is 16.6. The van der Waals surface area contributed by atoms with E-state index >= 15 is 0 Å². The summed E-state index contributed by atoms with van der Waals surface area (Å²) in [6.07, 6.45) is 3.83. The van der Waals surface area contributed by atoms with Crippen LogP contribution in [0.3, 0.4) is 0 Å². The first kappa shape index (κ1) is 24.1. The van der Waals surface area contributed by atoms with Crippen LogP contribution in [0, 0.1) is 0 Å². The lowest BCUT2D eigenvalue weighted by atomic mass is 10.1. The SMILES string of the molecule is CCOC(=O)[C@H](Cc1ccc(OC/C=C/c2cccc(Oc3ccccc3)c2)cc1)OCC. The van der Waals surface area contributed by atoms with E-state index in [0.29, 0.717) is 26.2 Å². The third-order valence-electron chi connectivity index (χ3n) is 4.76. The zero-order chi connectivity index (χ0) is 23.3. The second kappa shape index (κ2) is 13.1. The Labute approximate surface area is 195 Å². The van der Waals surface area contributed by atoms with Crippen LogP contribution in [-0.4, -0.2) is 31.9 Å². The molecule has 3 aromatic rings. The summed E-state index contributed by atoms with van der Waals surface area (Å²) < 4.78 is 22.3. The third kappa shape index (κ3) is 8.13. The number of ether oxygens (including phenoxy) is 4. The van der Waals surface area contributed by atoms with Crippen molar-refractivity contribution in [3.63, 3.8) is 0 Å². The highest BCUT2D eigenvalue weighted by Crippen LogP contribution is 2.22. The van der Waals surface area contributed by atoms with Gasteiger partial charge in [-0.05, 0) is 67.4 Å². The molecule has 1 atom stereocenters. The third-order valence-corrected chi connectivity index (χ3v) is 4.76. The molecule has 0 heterocycles. The topological polar surface area (TPSA) is 54.0 Å². The summed E-state index contributed by atoms with van der Waals surface area (Å²) in [7, 11) is 0. The molecule has 0 aliphatic rings. The Balaban J connectivity index is 1.49. The Morgan fingerprint density at radius 2 is 1.61 bits per heavy atom. The van der Waals surface area contributed by atoms with Crippen LogP contribution in [0.25, 0.3) is 6.08 Å². The van der Waals surface area contributed by atoms with Crippen molar-refractivity contribution < 1.29 is 23.7 Å². The van der Waals surface area contributed by atoms with Crippen LogP contribution in [-0.2, 0) is 20.7 Å². The van der Waals surface area contributed by atoms with Crippen molar-refractivity contribution in [2.24, 2.45) is 0 Å². The van der Waals surface area contributed by atoms with Crippen molar-refractivity contribution in [3.05, 3.63) is 96.1 Å². The minimum atomic E-state index is -0.591. The predicted molar refractivity (Wildman–Crippen MR) is 130 cm³/mol. The van der Waals surface area contributed by atoms with Gasteiger partial charge >= 0.3 is 5.97 Å². The quantitative estimate of drug-likeness (QED) is 0.316. The normalized spacial score (nSPS) is 11.8. The van der Waals surface area contributed by atoms with Crippen molar-refractivity contribution in [2.45, 2.75) is 26.4 Å². The molecule has 0 fully saturated rings. The first-order valence-electron chi connectivity index (χ1n) is 11.2. The Morgan fingerprint density at radius 3 is 2.33 bits per heavy atom. The Morgan fingerprint density at radius 1 is 0.848 bits per heavy atom. The van der Waals surface area contributed by atoms with Crippen molar-refractivity contribution >= 4 is 12.0 Å². The molecule has 33 heavy (non-hydrogen) atoms. The molecule has 0 amide bonds. The van der Waals surface area contributed by atoms with Gasteiger partial charge < -0.3 is 18.9 Å². The molecular formula is C28H30O5. The molecule has 5 nitrogen and oxygen atoms in total. The lowest BCUT2D eigenvalue weighted by molar-refractivity contribution is -0.156. The lowest BCUT2D eigenvalue weighted by Crippen LogP contribution is -2.28. The summed E-state index contributed by atoms with van der Waals surface area (Å²) in [6.45, 7) is 4.89. The maximum atomic E-state index is 12.0. The van der Waals surface area contributed by atoms with Crippen LogP contribution in [0.2, 0.25) is 0 Å². The summed E-state index contributed by atoms with van der Waals surface area (Å²) in [4.78, 5) is 12.0. The van der Waals surface area contributed by atoms with Crippen LogP contribution in [0.1, 0.15) is 25.0 Å². The average molecular weight is 447 g/mol. The molecule has 0 saturated carbocycles. The van der Waals surface area contributed by atoms with Gasteiger partial charge in [0.25, 0.3) is 0 Å². The molecular weight excluding hydrogens is 416 g/mol. The smallest absolute Gasteiger partial charge is 0.335 e. The molecule has 5 heteroatoms. The minimum absolute atomic E-state index is 0.331. The molecule has 0 unspecified atom stereocenters. The fourth-order valence-electron chi connectivity index (χ4n) is 3.22. The second-order valence-corrected chi connectivity index (χ2v) is 7.25. The van der Waals surface area contributed by atoms with E-state index < -0.39 is 6.10 Å². The van der Waals surface area contributed by atoms with Gasteiger partial charge in [-0.25, -0.2) is 4.79 Å². The van der Waals surface area contributed by atoms with Gasteiger partial charge in [-0.2, -0.15) is 0 Å². The largest absolute Gasteiger partial charge is 0.490 e. The molecule has 172 valence electrons. The second-order valence-electron chi connectivity index (χ2n) is 7.25. The van der Waals surface area contributed by atoms with Gasteiger partial charge in [-0.3, -0.25) is 0 Å². The number of rotatable bonds is 12. The molecule has 0 spiro atoms. The van der Waals surface area contributed by atoms with Crippen molar-refractivity contribution in [1.29, 1.82) is 0 Å². The van der Waals surface area contributed by atoms with E-state index in [1.807, 2.05) is 97.9 Å². The highest BCUT2D eigenvalue weighted by molar-refractivity contribution is 5.75. The number of esters is 1. The van der Waals surface area contributed by atoms with Crippen LogP contribution in [0.15, 0.2) is 84.9 Å². The summed E-state index contributed by atoms with van der Waals surface area (Å²) in [5.41, 5.74) is 2.02. The molecule has 3 aromatic carbocycles. The summed E-state index contributed by atoms with van der Waals surface area (Å²) in [5, 5.41) is 0. The molecule has 0 radical (unpaired) electrons. The zero-order valence-corrected chi connectivity index (χ0v) is 19.1. The number of carbonyl (C=O) groups is 1. The lowest BCUT2D eigenvalue weighted by Gasteiger charge is -2.15.